The molecule has 0 aromatic heterocycles. The summed E-state index contributed by atoms with van der Waals surface area (Å²) in [4.78, 5) is 4.95. The number of piperazine rings is 1. The van der Waals surface area contributed by atoms with E-state index in [0.29, 0.717) is 17.6 Å². The molecule has 0 radical (unpaired) electrons. The summed E-state index contributed by atoms with van der Waals surface area (Å²) in [5.74, 6) is -0.323. The van der Waals surface area contributed by atoms with Crippen molar-refractivity contribution in [2.24, 2.45) is 5.73 Å². The second kappa shape index (κ2) is 5.30. The van der Waals surface area contributed by atoms with Gasteiger partial charge in [-0.2, -0.15) is 0 Å². The Morgan fingerprint density at radius 1 is 1.40 bits per heavy atom. The number of benzene rings is 1. The number of nitrogens with zero attached hydrogens (tertiary/aromatic N) is 2. The molecule has 3 nitrogen and oxygen atoms in total. The van der Waals surface area contributed by atoms with E-state index in [9.17, 15) is 4.39 Å². The predicted octanol–water partition coefficient (Wildman–Crippen LogP) is 2.13. The maximum Gasteiger partial charge on any atom is 0.135 e. The van der Waals surface area contributed by atoms with Crippen LogP contribution in [0.4, 0.5) is 10.1 Å². The second-order valence-electron chi connectivity index (χ2n) is 5.79. The zero-order chi connectivity index (χ0) is 14.3. The largest absolute Gasteiger partial charge is 0.389 e. The number of hydrogen-bond acceptors (Lipinski definition) is 3. The Bertz CT molecular complexity index is 534. The van der Waals surface area contributed by atoms with Crippen LogP contribution in [0.1, 0.15) is 25.3 Å². The normalized spacial score (nSPS) is 26.6. The lowest BCUT2D eigenvalue weighted by Gasteiger charge is -2.44. The third kappa shape index (κ3) is 2.29. The van der Waals surface area contributed by atoms with Crippen LogP contribution in [0, 0.1) is 5.82 Å². The molecule has 3 rings (SSSR count). The van der Waals surface area contributed by atoms with Crippen LogP contribution in [-0.4, -0.2) is 41.6 Å². The van der Waals surface area contributed by atoms with Crippen molar-refractivity contribution in [2.45, 2.75) is 31.8 Å². The zero-order valence-corrected chi connectivity index (χ0v) is 12.5. The maximum atomic E-state index is 14.0. The highest BCUT2D eigenvalue weighted by molar-refractivity contribution is 7.80. The molecule has 2 aliphatic rings. The summed E-state index contributed by atoms with van der Waals surface area (Å²) in [5, 5.41) is 0. The minimum Gasteiger partial charge on any atom is -0.389 e. The molecule has 2 fully saturated rings. The van der Waals surface area contributed by atoms with Gasteiger partial charge in [0.2, 0.25) is 0 Å². The smallest absolute Gasteiger partial charge is 0.135 e. The van der Waals surface area contributed by atoms with Gasteiger partial charge in [0.1, 0.15) is 10.8 Å². The standard InChI is InChI=1S/C15H20FN3S/c1-10-8-18-7-3-4-11(18)9-19(10)13-6-2-5-12(16)14(13)15(17)20/h2,5-6,10-11H,3-4,7-9H2,1H3,(H2,17,20). The van der Waals surface area contributed by atoms with Crippen LogP contribution in [0.2, 0.25) is 0 Å². The molecule has 5 heteroatoms. The molecule has 2 aliphatic heterocycles. The van der Waals surface area contributed by atoms with E-state index in [-0.39, 0.29) is 10.8 Å². The van der Waals surface area contributed by atoms with Gasteiger partial charge in [-0.05, 0) is 38.4 Å². The molecule has 2 N–H and O–H groups in total. The molecule has 20 heavy (non-hydrogen) atoms. The fourth-order valence-electron chi connectivity index (χ4n) is 3.52. The van der Waals surface area contributed by atoms with Gasteiger partial charge in [0.15, 0.2) is 0 Å². The number of fused-ring (bicyclic) bond motifs is 1. The Morgan fingerprint density at radius 2 is 2.20 bits per heavy atom. The molecule has 1 aromatic rings. The van der Waals surface area contributed by atoms with Gasteiger partial charge in [0.05, 0.1) is 11.3 Å². The highest BCUT2D eigenvalue weighted by Gasteiger charge is 2.35. The third-order valence-electron chi connectivity index (χ3n) is 4.48. The first-order valence-corrected chi connectivity index (χ1v) is 7.57. The van der Waals surface area contributed by atoms with Crippen molar-refractivity contribution in [3.8, 4) is 0 Å². The first kappa shape index (κ1) is 13.8. The molecule has 2 saturated heterocycles. The zero-order valence-electron chi connectivity index (χ0n) is 11.7. The van der Waals surface area contributed by atoms with Gasteiger partial charge in [-0.25, -0.2) is 4.39 Å². The van der Waals surface area contributed by atoms with Crippen LogP contribution in [-0.2, 0) is 0 Å². The van der Waals surface area contributed by atoms with Crippen LogP contribution < -0.4 is 10.6 Å². The number of hydrogen-bond donors (Lipinski definition) is 1. The molecule has 108 valence electrons. The minimum atomic E-state index is -0.323. The quantitative estimate of drug-likeness (QED) is 0.847. The van der Waals surface area contributed by atoms with Gasteiger partial charge in [0, 0.05) is 25.2 Å². The van der Waals surface area contributed by atoms with Crippen molar-refractivity contribution in [3.05, 3.63) is 29.6 Å². The minimum absolute atomic E-state index is 0.138. The van der Waals surface area contributed by atoms with Crippen molar-refractivity contribution in [1.29, 1.82) is 0 Å². The number of thiocarbonyl (C=S) groups is 1. The molecule has 2 heterocycles. The van der Waals surface area contributed by atoms with Gasteiger partial charge in [0.25, 0.3) is 0 Å². The lowest BCUT2D eigenvalue weighted by atomic mass is 10.0. The maximum absolute atomic E-state index is 14.0. The molecular formula is C15H20FN3S. The monoisotopic (exact) mass is 293 g/mol. The summed E-state index contributed by atoms with van der Waals surface area (Å²) >= 11 is 5.04. The van der Waals surface area contributed by atoms with E-state index in [2.05, 4.69) is 16.7 Å². The van der Waals surface area contributed by atoms with E-state index in [1.54, 1.807) is 6.07 Å². The molecule has 0 aliphatic carbocycles. The highest BCUT2D eigenvalue weighted by Crippen LogP contribution is 2.31. The number of rotatable bonds is 2. The Labute approximate surface area is 124 Å². The average molecular weight is 293 g/mol. The summed E-state index contributed by atoms with van der Waals surface area (Å²) < 4.78 is 14.0. The summed E-state index contributed by atoms with van der Waals surface area (Å²) in [6, 6.07) is 6.01. The second-order valence-corrected chi connectivity index (χ2v) is 6.23. The van der Waals surface area contributed by atoms with Gasteiger partial charge in [-0.3, -0.25) is 4.90 Å². The first-order valence-electron chi connectivity index (χ1n) is 7.17. The van der Waals surface area contributed by atoms with Gasteiger partial charge < -0.3 is 10.6 Å². The van der Waals surface area contributed by atoms with Crippen LogP contribution >= 0.6 is 12.2 Å². The Balaban J connectivity index is 1.96. The van der Waals surface area contributed by atoms with Crippen molar-refractivity contribution >= 4 is 22.9 Å². The molecule has 0 saturated carbocycles. The third-order valence-corrected chi connectivity index (χ3v) is 4.69. The van der Waals surface area contributed by atoms with Crippen LogP contribution in [0.25, 0.3) is 0 Å². The van der Waals surface area contributed by atoms with Crippen molar-refractivity contribution in [1.82, 2.24) is 4.90 Å². The van der Waals surface area contributed by atoms with Crippen molar-refractivity contribution in [3.63, 3.8) is 0 Å². The highest BCUT2D eigenvalue weighted by atomic mass is 32.1. The van der Waals surface area contributed by atoms with Crippen molar-refractivity contribution < 1.29 is 4.39 Å². The van der Waals surface area contributed by atoms with Crippen LogP contribution in [0.3, 0.4) is 0 Å². The van der Waals surface area contributed by atoms with Crippen molar-refractivity contribution in [2.75, 3.05) is 24.5 Å². The van der Waals surface area contributed by atoms with Crippen LogP contribution in [0.5, 0.6) is 0 Å². The molecule has 2 unspecified atom stereocenters. The van der Waals surface area contributed by atoms with E-state index in [0.717, 1.165) is 18.8 Å². The lowest BCUT2D eigenvalue weighted by Crippen LogP contribution is -2.55. The molecule has 0 spiro atoms. The molecule has 2 atom stereocenters. The first-order chi connectivity index (χ1) is 9.58. The van der Waals surface area contributed by atoms with Gasteiger partial charge >= 0.3 is 0 Å². The Hall–Kier alpha value is -1.20. The number of halogens is 1. The number of anilines is 1. The topological polar surface area (TPSA) is 32.5 Å². The van der Waals surface area contributed by atoms with E-state index >= 15 is 0 Å². The SMILES string of the molecule is CC1CN2CCCC2CN1c1cccc(F)c1C(N)=S. The fourth-order valence-corrected chi connectivity index (χ4v) is 3.72. The molecular weight excluding hydrogens is 273 g/mol. The fraction of sp³-hybridized carbons (Fsp3) is 0.533. The van der Waals surface area contributed by atoms with Crippen LogP contribution in [0.15, 0.2) is 18.2 Å². The Morgan fingerprint density at radius 3 is 2.95 bits per heavy atom. The Kier molecular flexibility index (Phi) is 3.65. The summed E-state index contributed by atoms with van der Waals surface area (Å²) in [6.07, 6.45) is 2.48. The summed E-state index contributed by atoms with van der Waals surface area (Å²) in [6.45, 7) is 5.33. The van der Waals surface area contributed by atoms with E-state index in [1.165, 1.54) is 25.5 Å². The summed E-state index contributed by atoms with van der Waals surface area (Å²) in [5.41, 5.74) is 6.96. The van der Waals surface area contributed by atoms with E-state index in [4.69, 9.17) is 18.0 Å². The predicted molar refractivity (Wildman–Crippen MR) is 83.7 cm³/mol. The summed E-state index contributed by atoms with van der Waals surface area (Å²) in [7, 11) is 0. The molecule has 0 amide bonds. The van der Waals surface area contributed by atoms with E-state index < -0.39 is 0 Å². The van der Waals surface area contributed by atoms with Gasteiger partial charge in [-0.1, -0.05) is 18.3 Å². The average Bonchev–Trinajstić information content (AvgIpc) is 2.84. The van der Waals surface area contributed by atoms with E-state index in [1.807, 2.05) is 6.07 Å². The molecule has 1 aromatic carbocycles. The molecule has 0 bridgehead atoms. The number of nitrogens with two attached hydrogens (primary N) is 1. The van der Waals surface area contributed by atoms with Gasteiger partial charge in [-0.15, -0.1) is 0 Å². The lowest BCUT2D eigenvalue weighted by molar-refractivity contribution is 0.203.